The first-order chi connectivity index (χ1) is 12.5. The molecule has 2 aromatic carbocycles. The molecular formula is C21H20ClN3O. The minimum Gasteiger partial charge on any atom is -0.340 e. The van der Waals surface area contributed by atoms with Crippen molar-refractivity contribution in [3.05, 3.63) is 82.5 Å². The van der Waals surface area contributed by atoms with Crippen LogP contribution in [0.5, 0.6) is 0 Å². The van der Waals surface area contributed by atoms with Crippen LogP contribution in [0.1, 0.15) is 16.7 Å². The Bertz CT molecular complexity index is 906. The van der Waals surface area contributed by atoms with E-state index in [1.165, 1.54) is 5.56 Å². The maximum Gasteiger partial charge on any atom is 0.228 e. The highest BCUT2D eigenvalue weighted by molar-refractivity contribution is 6.30. The molecule has 0 aliphatic carbocycles. The van der Waals surface area contributed by atoms with Gasteiger partial charge in [-0.1, -0.05) is 41.4 Å². The zero-order valence-electron chi connectivity index (χ0n) is 14.7. The topological polar surface area (TPSA) is 54.0 Å². The SMILES string of the molecule is Cc1ccc(Nc2ccc(NC(=O)Cc3ccc(Cl)cc3)cn2)c(C)c1. The second-order valence-electron chi connectivity index (χ2n) is 6.23. The molecule has 3 rings (SSSR count). The van der Waals surface area contributed by atoms with Crippen LogP contribution in [0.25, 0.3) is 0 Å². The Morgan fingerprint density at radius 1 is 1.04 bits per heavy atom. The molecule has 0 radical (unpaired) electrons. The molecule has 0 saturated carbocycles. The molecule has 0 unspecified atom stereocenters. The molecule has 2 N–H and O–H groups in total. The van der Waals surface area contributed by atoms with Gasteiger partial charge < -0.3 is 10.6 Å². The molecule has 0 fully saturated rings. The van der Waals surface area contributed by atoms with E-state index < -0.39 is 0 Å². The smallest absolute Gasteiger partial charge is 0.228 e. The lowest BCUT2D eigenvalue weighted by atomic mass is 10.1. The van der Waals surface area contributed by atoms with E-state index in [1.807, 2.05) is 30.3 Å². The van der Waals surface area contributed by atoms with E-state index in [0.29, 0.717) is 17.1 Å². The maximum atomic E-state index is 12.1. The van der Waals surface area contributed by atoms with Gasteiger partial charge >= 0.3 is 0 Å². The zero-order valence-corrected chi connectivity index (χ0v) is 15.5. The normalized spacial score (nSPS) is 10.4. The fourth-order valence-corrected chi connectivity index (χ4v) is 2.75. The summed E-state index contributed by atoms with van der Waals surface area (Å²) in [5.74, 6) is 0.636. The van der Waals surface area contributed by atoms with Gasteiger partial charge in [-0.05, 0) is 55.3 Å². The summed E-state index contributed by atoms with van der Waals surface area (Å²) in [4.78, 5) is 16.5. The predicted molar refractivity (Wildman–Crippen MR) is 107 cm³/mol. The third-order valence-electron chi connectivity index (χ3n) is 3.97. The standard InChI is InChI=1S/C21H20ClN3O/c1-14-3-9-19(15(2)11-14)25-20-10-8-18(13-23-20)24-21(26)12-16-4-6-17(22)7-5-16/h3-11,13H,12H2,1-2H3,(H,23,25)(H,24,26). The lowest BCUT2D eigenvalue weighted by molar-refractivity contribution is -0.115. The van der Waals surface area contributed by atoms with Crippen molar-refractivity contribution in [1.82, 2.24) is 4.98 Å². The molecule has 26 heavy (non-hydrogen) atoms. The van der Waals surface area contributed by atoms with Gasteiger partial charge in [-0.3, -0.25) is 4.79 Å². The van der Waals surface area contributed by atoms with Crippen molar-refractivity contribution in [2.24, 2.45) is 0 Å². The fraction of sp³-hybridized carbons (Fsp3) is 0.143. The van der Waals surface area contributed by atoms with Crippen molar-refractivity contribution in [2.75, 3.05) is 10.6 Å². The molecule has 0 spiro atoms. The number of aromatic nitrogens is 1. The molecule has 1 amide bonds. The van der Waals surface area contributed by atoms with E-state index >= 15 is 0 Å². The van der Waals surface area contributed by atoms with Crippen LogP contribution in [0, 0.1) is 13.8 Å². The van der Waals surface area contributed by atoms with Gasteiger partial charge in [-0.2, -0.15) is 0 Å². The fourth-order valence-electron chi connectivity index (χ4n) is 2.63. The second kappa shape index (κ2) is 8.02. The van der Waals surface area contributed by atoms with Crippen LogP contribution in [0.15, 0.2) is 60.8 Å². The summed E-state index contributed by atoms with van der Waals surface area (Å²) in [5.41, 5.74) is 4.97. The Morgan fingerprint density at radius 2 is 1.81 bits per heavy atom. The summed E-state index contributed by atoms with van der Waals surface area (Å²) >= 11 is 5.85. The molecule has 0 bridgehead atoms. The van der Waals surface area contributed by atoms with E-state index in [9.17, 15) is 4.79 Å². The van der Waals surface area contributed by atoms with Crippen LogP contribution in [0.4, 0.5) is 17.2 Å². The van der Waals surface area contributed by atoms with Gasteiger partial charge in [0.15, 0.2) is 0 Å². The first kappa shape index (κ1) is 18.0. The molecule has 1 aromatic heterocycles. The van der Waals surface area contributed by atoms with Gasteiger partial charge in [0.25, 0.3) is 0 Å². The minimum atomic E-state index is -0.0933. The first-order valence-electron chi connectivity index (χ1n) is 8.34. The first-order valence-corrected chi connectivity index (χ1v) is 8.72. The Morgan fingerprint density at radius 3 is 2.46 bits per heavy atom. The van der Waals surface area contributed by atoms with Gasteiger partial charge in [0, 0.05) is 10.7 Å². The van der Waals surface area contributed by atoms with Crippen molar-refractivity contribution >= 4 is 34.7 Å². The van der Waals surface area contributed by atoms with E-state index in [0.717, 1.165) is 22.6 Å². The van der Waals surface area contributed by atoms with Gasteiger partial charge in [0.05, 0.1) is 18.3 Å². The number of nitrogens with zero attached hydrogens (tertiary/aromatic N) is 1. The Balaban J connectivity index is 1.60. The average Bonchev–Trinajstić information content (AvgIpc) is 2.61. The van der Waals surface area contributed by atoms with E-state index in [1.54, 1.807) is 18.3 Å². The number of anilines is 3. The van der Waals surface area contributed by atoms with Crippen molar-refractivity contribution in [2.45, 2.75) is 20.3 Å². The molecular weight excluding hydrogens is 346 g/mol. The molecule has 3 aromatic rings. The van der Waals surface area contributed by atoms with Crippen LogP contribution in [-0.4, -0.2) is 10.9 Å². The van der Waals surface area contributed by atoms with Crippen molar-refractivity contribution < 1.29 is 4.79 Å². The number of benzene rings is 2. The molecule has 5 heteroatoms. The largest absolute Gasteiger partial charge is 0.340 e. The summed E-state index contributed by atoms with van der Waals surface area (Å²) in [7, 11) is 0. The van der Waals surface area contributed by atoms with Crippen molar-refractivity contribution in [3.8, 4) is 0 Å². The number of carbonyl (C=O) groups is 1. The van der Waals surface area contributed by atoms with Crippen LogP contribution in [-0.2, 0) is 11.2 Å². The number of halogens is 1. The quantitative estimate of drug-likeness (QED) is 0.647. The Hall–Kier alpha value is -2.85. The third-order valence-corrected chi connectivity index (χ3v) is 4.22. The Labute approximate surface area is 158 Å². The van der Waals surface area contributed by atoms with Crippen molar-refractivity contribution in [1.29, 1.82) is 0 Å². The predicted octanol–water partition coefficient (Wildman–Crippen LogP) is 5.28. The highest BCUT2D eigenvalue weighted by atomic mass is 35.5. The molecule has 0 aliphatic rings. The second-order valence-corrected chi connectivity index (χ2v) is 6.66. The molecule has 0 saturated heterocycles. The summed E-state index contributed by atoms with van der Waals surface area (Å²) in [6.07, 6.45) is 1.94. The Kier molecular flexibility index (Phi) is 5.54. The molecule has 0 atom stereocenters. The van der Waals surface area contributed by atoms with E-state index in [-0.39, 0.29) is 5.91 Å². The summed E-state index contributed by atoms with van der Waals surface area (Å²) in [6.45, 7) is 4.12. The molecule has 0 aliphatic heterocycles. The number of aryl methyl sites for hydroxylation is 2. The molecule has 132 valence electrons. The summed E-state index contributed by atoms with van der Waals surface area (Å²) in [6, 6.07) is 17.1. The maximum absolute atomic E-state index is 12.1. The number of rotatable bonds is 5. The van der Waals surface area contributed by atoms with E-state index in [2.05, 4.69) is 41.6 Å². The number of amides is 1. The highest BCUT2D eigenvalue weighted by Crippen LogP contribution is 2.21. The van der Waals surface area contributed by atoms with Crippen LogP contribution in [0.2, 0.25) is 5.02 Å². The monoisotopic (exact) mass is 365 g/mol. The lowest BCUT2D eigenvalue weighted by Crippen LogP contribution is -2.14. The molecule has 4 nitrogen and oxygen atoms in total. The lowest BCUT2D eigenvalue weighted by Gasteiger charge is -2.10. The van der Waals surface area contributed by atoms with E-state index in [4.69, 9.17) is 11.6 Å². The van der Waals surface area contributed by atoms with Gasteiger partial charge in [0.2, 0.25) is 5.91 Å². The number of hydrogen-bond donors (Lipinski definition) is 2. The van der Waals surface area contributed by atoms with Crippen LogP contribution in [0.3, 0.4) is 0 Å². The van der Waals surface area contributed by atoms with Crippen LogP contribution < -0.4 is 10.6 Å². The van der Waals surface area contributed by atoms with Crippen LogP contribution >= 0.6 is 11.6 Å². The number of nitrogens with one attached hydrogen (secondary N) is 2. The van der Waals surface area contributed by atoms with Gasteiger partial charge in [-0.15, -0.1) is 0 Å². The highest BCUT2D eigenvalue weighted by Gasteiger charge is 2.06. The van der Waals surface area contributed by atoms with Gasteiger partial charge in [-0.25, -0.2) is 4.98 Å². The third kappa shape index (κ3) is 4.83. The number of hydrogen-bond acceptors (Lipinski definition) is 3. The zero-order chi connectivity index (χ0) is 18.5. The molecule has 1 heterocycles. The average molecular weight is 366 g/mol. The summed E-state index contributed by atoms with van der Waals surface area (Å²) < 4.78 is 0. The van der Waals surface area contributed by atoms with Gasteiger partial charge in [0.1, 0.15) is 5.82 Å². The minimum absolute atomic E-state index is 0.0933. The summed E-state index contributed by atoms with van der Waals surface area (Å²) in [5, 5.41) is 6.80. The number of carbonyl (C=O) groups excluding carboxylic acids is 1. The van der Waals surface area contributed by atoms with Crippen molar-refractivity contribution in [3.63, 3.8) is 0 Å². The number of pyridine rings is 1.